The van der Waals surface area contributed by atoms with Gasteiger partial charge in [-0.2, -0.15) is 0 Å². The summed E-state index contributed by atoms with van der Waals surface area (Å²) in [5.74, 6) is 1.92. The van der Waals surface area contributed by atoms with Crippen molar-refractivity contribution in [2.75, 3.05) is 0 Å². The van der Waals surface area contributed by atoms with Crippen LogP contribution < -0.4 is 0 Å². The summed E-state index contributed by atoms with van der Waals surface area (Å²) in [4.78, 5) is 21.4. The first-order valence-electron chi connectivity index (χ1n) is 17.6. The van der Waals surface area contributed by atoms with Crippen LogP contribution in [0.1, 0.15) is 0 Å². The maximum Gasteiger partial charge on any atom is 0.164 e. The summed E-state index contributed by atoms with van der Waals surface area (Å²) >= 11 is 1.85. The lowest BCUT2D eigenvalue weighted by molar-refractivity contribution is 1.07. The van der Waals surface area contributed by atoms with Gasteiger partial charge in [-0.15, -0.1) is 11.3 Å². The molecule has 3 aromatic heterocycles. The Bertz CT molecular complexity index is 2860. The lowest BCUT2D eigenvalue weighted by Crippen LogP contribution is -2.00. The molecule has 0 spiro atoms. The highest BCUT2D eigenvalue weighted by atomic mass is 32.1. The van der Waals surface area contributed by atoms with Crippen LogP contribution in [0.3, 0.4) is 0 Å². The number of hydrogen-bond acceptors (Lipinski definition) is 5. The van der Waals surface area contributed by atoms with E-state index in [0.717, 1.165) is 49.8 Å². The molecule has 0 saturated carbocycles. The zero-order chi connectivity index (χ0) is 35.1. The van der Waals surface area contributed by atoms with Gasteiger partial charge in [0.2, 0.25) is 0 Å². The molecule has 0 fully saturated rings. The summed E-state index contributed by atoms with van der Waals surface area (Å²) in [6, 6.07) is 63.3. The molecular weight excluding hydrogens is 665 g/mol. The number of para-hydroxylation sites is 1. The lowest BCUT2D eigenvalue weighted by Gasteiger charge is -2.12. The third kappa shape index (κ3) is 5.64. The second-order valence-corrected chi connectivity index (χ2v) is 14.1. The molecule has 5 heteroatoms. The molecule has 0 saturated heterocycles. The average Bonchev–Trinajstić information content (AvgIpc) is 3.65. The highest BCUT2D eigenvalue weighted by Gasteiger charge is 2.23. The quantitative estimate of drug-likeness (QED) is 0.174. The van der Waals surface area contributed by atoms with Crippen LogP contribution in [0.2, 0.25) is 0 Å². The van der Waals surface area contributed by atoms with Crippen molar-refractivity contribution in [2.24, 2.45) is 0 Å². The van der Waals surface area contributed by atoms with Gasteiger partial charge in [0.15, 0.2) is 17.5 Å². The molecule has 7 aromatic carbocycles. The summed E-state index contributed by atoms with van der Waals surface area (Å²) < 4.78 is 1.23. The van der Waals surface area contributed by atoms with Crippen molar-refractivity contribution in [3.63, 3.8) is 0 Å². The number of aromatic nitrogens is 4. The molecule has 10 rings (SSSR count). The van der Waals surface area contributed by atoms with E-state index in [0.29, 0.717) is 17.5 Å². The van der Waals surface area contributed by atoms with Gasteiger partial charge in [0, 0.05) is 48.2 Å². The van der Waals surface area contributed by atoms with Crippen molar-refractivity contribution in [3.8, 4) is 67.0 Å². The summed E-state index contributed by atoms with van der Waals surface area (Å²) in [6.07, 6.45) is 0. The number of thiophene rings is 1. The third-order valence-electron chi connectivity index (χ3n) is 9.72. The molecule has 248 valence electrons. The Hall–Kier alpha value is -6.82. The summed E-state index contributed by atoms with van der Waals surface area (Å²) in [7, 11) is 0. The van der Waals surface area contributed by atoms with E-state index in [4.69, 9.17) is 19.9 Å². The van der Waals surface area contributed by atoms with Crippen LogP contribution in [0.25, 0.3) is 98.7 Å². The van der Waals surface area contributed by atoms with Crippen molar-refractivity contribution >= 4 is 43.1 Å². The van der Waals surface area contributed by atoms with E-state index in [1.165, 1.54) is 31.5 Å². The predicted octanol–water partition coefficient (Wildman–Crippen LogP) is 12.8. The highest BCUT2D eigenvalue weighted by Crippen LogP contribution is 2.50. The fraction of sp³-hybridized carbons (Fsp3) is 0. The van der Waals surface area contributed by atoms with Crippen LogP contribution in [0.4, 0.5) is 0 Å². The van der Waals surface area contributed by atoms with Crippen molar-refractivity contribution in [1.29, 1.82) is 0 Å². The van der Waals surface area contributed by atoms with Crippen molar-refractivity contribution in [2.45, 2.75) is 0 Å². The molecule has 0 N–H and O–H groups in total. The molecule has 0 amide bonds. The minimum atomic E-state index is 0.631. The highest BCUT2D eigenvalue weighted by molar-refractivity contribution is 7.24. The Balaban J connectivity index is 1.20. The van der Waals surface area contributed by atoms with Crippen molar-refractivity contribution in [3.05, 3.63) is 182 Å². The van der Waals surface area contributed by atoms with Gasteiger partial charge in [-0.1, -0.05) is 170 Å². The molecule has 0 unspecified atom stereocenters. The lowest BCUT2D eigenvalue weighted by atomic mass is 9.94. The van der Waals surface area contributed by atoms with Crippen molar-refractivity contribution in [1.82, 2.24) is 19.9 Å². The summed E-state index contributed by atoms with van der Waals surface area (Å²) in [5, 5.41) is 4.76. The summed E-state index contributed by atoms with van der Waals surface area (Å²) in [6.45, 7) is 0. The van der Waals surface area contributed by atoms with Crippen molar-refractivity contribution < 1.29 is 0 Å². The number of rotatable bonds is 6. The van der Waals surface area contributed by atoms with E-state index in [9.17, 15) is 0 Å². The molecule has 10 aromatic rings. The zero-order valence-corrected chi connectivity index (χ0v) is 29.3. The van der Waals surface area contributed by atoms with Crippen LogP contribution in [-0.2, 0) is 0 Å². The first-order valence-corrected chi connectivity index (χ1v) is 18.5. The zero-order valence-electron chi connectivity index (χ0n) is 28.5. The number of nitrogens with zero attached hydrogens (tertiary/aromatic N) is 4. The minimum Gasteiger partial charge on any atom is -0.247 e. The first kappa shape index (κ1) is 31.0. The van der Waals surface area contributed by atoms with E-state index >= 15 is 0 Å². The molecule has 0 atom stereocenters. The molecule has 0 aliphatic heterocycles. The van der Waals surface area contributed by atoms with Gasteiger partial charge in [0.25, 0.3) is 0 Å². The van der Waals surface area contributed by atoms with Gasteiger partial charge in [-0.25, -0.2) is 19.9 Å². The van der Waals surface area contributed by atoms with E-state index in [-0.39, 0.29) is 0 Å². The van der Waals surface area contributed by atoms with Gasteiger partial charge in [0.1, 0.15) is 0 Å². The SMILES string of the molecule is c1ccc(-c2nc(-c3ccccc3)nc(-c3ccc(-c4c(-c5ccc6ccccc6c5)sc5c4c(-c4ccccc4)nc4ccccc45)cc3)n2)cc1. The monoisotopic (exact) mass is 694 g/mol. The molecule has 3 heterocycles. The number of hydrogen-bond donors (Lipinski definition) is 0. The molecule has 0 radical (unpaired) electrons. The Morgan fingerprint density at radius 1 is 0.358 bits per heavy atom. The molecular formula is C48H30N4S. The first-order chi connectivity index (χ1) is 26.3. The van der Waals surface area contributed by atoms with Crippen LogP contribution >= 0.6 is 11.3 Å². The molecule has 0 aliphatic rings. The average molecular weight is 695 g/mol. The third-order valence-corrected chi connectivity index (χ3v) is 11.0. The van der Waals surface area contributed by atoms with Gasteiger partial charge in [-0.3, -0.25) is 0 Å². The predicted molar refractivity (Wildman–Crippen MR) is 221 cm³/mol. The van der Waals surface area contributed by atoms with E-state index < -0.39 is 0 Å². The number of fused-ring (bicyclic) bond motifs is 4. The maximum atomic E-state index is 5.34. The number of pyridine rings is 1. The van der Waals surface area contributed by atoms with Crippen LogP contribution in [0.15, 0.2) is 182 Å². The van der Waals surface area contributed by atoms with Gasteiger partial charge < -0.3 is 0 Å². The largest absolute Gasteiger partial charge is 0.247 e. The fourth-order valence-corrected chi connectivity index (χ4v) is 8.48. The standard InChI is InChI=1S/C48H30N4S/c1-4-15-33(16-5-1)43-42-41(44(38-29-24-31-14-10-11-21-37(31)30-38)53-45(42)39-22-12-13-23-40(39)49-43)32-25-27-36(28-26-32)48-51-46(34-17-6-2-7-18-34)50-47(52-48)35-19-8-3-9-20-35/h1-30H. The number of benzene rings is 7. The fourth-order valence-electron chi connectivity index (χ4n) is 7.12. The molecule has 0 aliphatic carbocycles. The van der Waals surface area contributed by atoms with Gasteiger partial charge in [-0.05, 0) is 34.0 Å². The second-order valence-electron chi connectivity index (χ2n) is 13.0. The van der Waals surface area contributed by atoms with Crippen LogP contribution in [-0.4, -0.2) is 19.9 Å². The van der Waals surface area contributed by atoms with E-state index in [2.05, 4.69) is 121 Å². The van der Waals surface area contributed by atoms with E-state index in [1.54, 1.807) is 0 Å². The molecule has 53 heavy (non-hydrogen) atoms. The minimum absolute atomic E-state index is 0.631. The van der Waals surface area contributed by atoms with Gasteiger partial charge >= 0.3 is 0 Å². The van der Waals surface area contributed by atoms with E-state index in [1.807, 2.05) is 72.0 Å². The molecule has 0 bridgehead atoms. The Morgan fingerprint density at radius 2 is 0.849 bits per heavy atom. The van der Waals surface area contributed by atoms with Gasteiger partial charge in [0.05, 0.1) is 11.2 Å². The topological polar surface area (TPSA) is 51.6 Å². The Kier molecular flexibility index (Phi) is 7.63. The maximum absolute atomic E-state index is 5.34. The Labute approximate surface area is 310 Å². The summed E-state index contributed by atoms with van der Waals surface area (Å²) in [5.41, 5.74) is 9.35. The normalized spacial score (nSPS) is 11.4. The van der Waals surface area contributed by atoms with Crippen LogP contribution in [0, 0.1) is 0 Å². The Morgan fingerprint density at radius 3 is 1.49 bits per heavy atom. The second kappa shape index (κ2) is 13.1. The van der Waals surface area contributed by atoms with Crippen LogP contribution in [0.5, 0.6) is 0 Å². The molecule has 4 nitrogen and oxygen atoms in total. The smallest absolute Gasteiger partial charge is 0.164 e.